The van der Waals surface area contributed by atoms with Gasteiger partial charge in [-0.2, -0.15) is 0 Å². The molecule has 0 aliphatic heterocycles. The standard InChI is InChI=1S/C14H19N/c1-2-4-11-5-3-6-12(9-11)13-7-8-14(15)10-13/h3,5-6,9-10,14H,2,4,7-8,15H2,1H3. The Morgan fingerprint density at radius 2 is 2.27 bits per heavy atom. The molecule has 15 heavy (non-hydrogen) atoms. The molecule has 2 rings (SSSR count). The first-order valence-electron chi connectivity index (χ1n) is 5.85. The third-order valence-electron chi connectivity index (χ3n) is 3.00. The normalized spacial score (nSPS) is 20.4. The molecule has 0 radical (unpaired) electrons. The largest absolute Gasteiger partial charge is 0.324 e. The van der Waals surface area contributed by atoms with Crippen LogP contribution in [0.15, 0.2) is 30.3 Å². The summed E-state index contributed by atoms with van der Waals surface area (Å²) in [7, 11) is 0. The summed E-state index contributed by atoms with van der Waals surface area (Å²) in [5.74, 6) is 0. The summed E-state index contributed by atoms with van der Waals surface area (Å²) in [6.45, 7) is 2.22. The first-order valence-corrected chi connectivity index (χ1v) is 5.85. The molecule has 2 N–H and O–H groups in total. The first kappa shape index (κ1) is 10.4. The van der Waals surface area contributed by atoms with E-state index in [0.717, 1.165) is 12.8 Å². The highest BCUT2D eigenvalue weighted by atomic mass is 14.6. The van der Waals surface area contributed by atoms with Crippen LogP contribution in [0.5, 0.6) is 0 Å². The second-order valence-corrected chi connectivity index (χ2v) is 4.34. The molecule has 0 aromatic heterocycles. The molecule has 0 bridgehead atoms. The lowest BCUT2D eigenvalue weighted by atomic mass is 10.0. The number of rotatable bonds is 3. The van der Waals surface area contributed by atoms with Gasteiger partial charge in [-0.3, -0.25) is 0 Å². The summed E-state index contributed by atoms with van der Waals surface area (Å²) in [5.41, 5.74) is 10.1. The van der Waals surface area contributed by atoms with Gasteiger partial charge in [0.1, 0.15) is 0 Å². The monoisotopic (exact) mass is 201 g/mol. The summed E-state index contributed by atoms with van der Waals surface area (Å²) < 4.78 is 0. The number of benzene rings is 1. The Balaban J connectivity index is 2.21. The molecule has 1 atom stereocenters. The van der Waals surface area contributed by atoms with E-state index in [4.69, 9.17) is 5.73 Å². The number of hydrogen-bond donors (Lipinski definition) is 1. The van der Waals surface area contributed by atoms with E-state index in [1.54, 1.807) is 0 Å². The summed E-state index contributed by atoms with van der Waals surface area (Å²) in [5, 5.41) is 0. The quantitative estimate of drug-likeness (QED) is 0.798. The molecule has 1 heteroatoms. The van der Waals surface area contributed by atoms with Gasteiger partial charge >= 0.3 is 0 Å². The number of hydrogen-bond acceptors (Lipinski definition) is 1. The molecule has 1 nitrogen and oxygen atoms in total. The van der Waals surface area contributed by atoms with Crippen molar-refractivity contribution in [3.63, 3.8) is 0 Å². The van der Waals surface area contributed by atoms with Crippen LogP contribution < -0.4 is 5.73 Å². The summed E-state index contributed by atoms with van der Waals surface area (Å²) >= 11 is 0. The van der Waals surface area contributed by atoms with Crippen molar-refractivity contribution < 1.29 is 0 Å². The molecular formula is C14H19N. The van der Waals surface area contributed by atoms with Crippen LogP contribution in [0, 0.1) is 0 Å². The summed E-state index contributed by atoms with van der Waals surface area (Å²) in [6.07, 6.45) is 6.84. The van der Waals surface area contributed by atoms with Crippen molar-refractivity contribution in [3.8, 4) is 0 Å². The van der Waals surface area contributed by atoms with E-state index in [9.17, 15) is 0 Å². The van der Waals surface area contributed by atoms with E-state index in [-0.39, 0.29) is 6.04 Å². The fourth-order valence-corrected chi connectivity index (χ4v) is 2.20. The first-order chi connectivity index (χ1) is 7.29. The second kappa shape index (κ2) is 4.63. The van der Waals surface area contributed by atoms with Gasteiger partial charge < -0.3 is 5.73 Å². The molecule has 0 fully saturated rings. The van der Waals surface area contributed by atoms with Gasteiger partial charge in [0.05, 0.1) is 0 Å². The maximum Gasteiger partial charge on any atom is 0.0232 e. The molecule has 0 saturated heterocycles. The number of nitrogens with two attached hydrogens (primary N) is 1. The maximum absolute atomic E-state index is 5.88. The lowest BCUT2D eigenvalue weighted by Gasteiger charge is -2.04. The lowest BCUT2D eigenvalue weighted by molar-refractivity contribution is 0.782. The molecule has 1 aliphatic rings. The van der Waals surface area contributed by atoms with Crippen LogP contribution in [0.25, 0.3) is 5.57 Å². The van der Waals surface area contributed by atoms with E-state index in [0.29, 0.717) is 0 Å². The molecule has 1 aliphatic carbocycles. The maximum atomic E-state index is 5.88. The van der Waals surface area contributed by atoms with Crippen LogP contribution in [-0.4, -0.2) is 6.04 Å². The van der Waals surface area contributed by atoms with Crippen molar-refractivity contribution in [2.75, 3.05) is 0 Å². The SMILES string of the molecule is CCCc1cccc(C2=CC(N)CC2)c1. The van der Waals surface area contributed by atoms with E-state index < -0.39 is 0 Å². The Morgan fingerprint density at radius 3 is 2.93 bits per heavy atom. The molecule has 0 saturated carbocycles. The van der Waals surface area contributed by atoms with Gasteiger partial charge in [-0.15, -0.1) is 0 Å². The molecular weight excluding hydrogens is 182 g/mol. The van der Waals surface area contributed by atoms with Gasteiger partial charge in [-0.1, -0.05) is 43.7 Å². The molecule has 0 heterocycles. The zero-order valence-electron chi connectivity index (χ0n) is 9.37. The van der Waals surface area contributed by atoms with Crippen LogP contribution in [0.3, 0.4) is 0 Å². The average Bonchev–Trinajstić information content (AvgIpc) is 2.66. The zero-order valence-corrected chi connectivity index (χ0v) is 9.37. The zero-order chi connectivity index (χ0) is 10.7. The highest BCUT2D eigenvalue weighted by Crippen LogP contribution is 2.27. The predicted molar refractivity (Wildman–Crippen MR) is 65.6 cm³/mol. The van der Waals surface area contributed by atoms with Crippen molar-refractivity contribution >= 4 is 5.57 Å². The van der Waals surface area contributed by atoms with Crippen LogP contribution in [0.4, 0.5) is 0 Å². The number of allylic oxidation sites excluding steroid dienone is 1. The van der Waals surface area contributed by atoms with E-state index >= 15 is 0 Å². The highest BCUT2D eigenvalue weighted by molar-refractivity contribution is 5.68. The molecule has 0 amide bonds. The van der Waals surface area contributed by atoms with Crippen molar-refractivity contribution in [2.45, 2.75) is 38.6 Å². The molecule has 0 spiro atoms. The van der Waals surface area contributed by atoms with Gasteiger partial charge in [0.2, 0.25) is 0 Å². The Morgan fingerprint density at radius 1 is 1.40 bits per heavy atom. The van der Waals surface area contributed by atoms with Crippen LogP contribution in [-0.2, 0) is 6.42 Å². The van der Waals surface area contributed by atoms with Gasteiger partial charge in [-0.05, 0) is 36.0 Å². The minimum atomic E-state index is 0.273. The molecule has 1 aromatic carbocycles. The molecule has 1 unspecified atom stereocenters. The van der Waals surface area contributed by atoms with Crippen LogP contribution >= 0.6 is 0 Å². The number of aryl methyl sites for hydroxylation is 1. The molecule has 80 valence electrons. The average molecular weight is 201 g/mol. The van der Waals surface area contributed by atoms with Gasteiger partial charge in [0.25, 0.3) is 0 Å². The Kier molecular flexibility index (Phi) is 3.22. The van der Waals surface area contributed by atoms with E-state index in [1.165, 1.54) is 29.5 Å². The fraction of sp³-hybridized carbons (Fsp3) is 0.429. The topological polar surface area (TPSA) is 26.0 Å². The third-order valence-corrected chi connectivity index (χ3v) is 3.00. The van der Waals surface area contributed by atoms with Crippen molar-refractivity contribution in [1.29, 1.82) is 0 Å². The van der Waals surface area contributed by atoms with E-state index in [2.05, 4.69) is 37.3 Å². The minimum absolute atomic E-state index is 0.273. The summed E-state index contributed by atoms with van der Waals surface area (Å²) in [4.78, 5) is 0. The van der Waals surface area contributed by atoms with Crippen LogP contribution in [0.2, 0.25) is 0 Å². The van der Waals surface area contributed by atoms with Crippen molar-refractivity contribution in [3.05, 3.63) is 41.5 Å². The predicted octanol–water partition coefficient (Wildman–Crippen LogP) is 3.14. The second-order valence-electron chi connectivity index (χ2n) is 4.34. The smallest absolute Gasteiger partial charge is 0.0232 e. The Labute approximate surface area is 92.0 Å². The van der Waals surface area contributed by atoms with Crippen molar-refractivity contribution in [1.82, 2.24) is 0 Å². The third kappa shape index (κ3) is 2.48. The summed E-state index contributed by atoms with van der Waals surface area (Å²) in [6, 6.07) is 9.15. The minimum Gasteiger partial charge on any atom is -0.324 e. The van der Waals surface area contributed by atoms with Gasteiger partial charge in [-0.25, -0.2) is 0 Å². The highest BCUT2D eigenvalue weighted by Gasteiger charge is 2.13. The Bertz CT molecular complexity index is 365. The van der Waals surface area contributed by atoms with E-state index in [1.807, 2.05) is 0 Å². The van der Waals surface area contributed by atoms with Gasteiger partial charge in [0.15, 0.2) is 0 Å². The van der Waals surface area contributed by atoms with Gasteiger partial charge in [0, 0.05) is 6.04 Å². The van der Waals surface area contributed by atoms with Crippen LogP contribution in [0.1, 0.15) is 37.3 Å². The Hall–Kier alpha value is -1.08. The van der Waals surface area contributed by atoms with Crippen molar-refractivity contribution in [2.24, 2.45) is 5.73 Å². The molecule has 1 aromatic rings. The lowest BCUT2D eigenvalue weighted by Crippen LogP contribution is -2.11. The fourth-order valence-electron chi connectivity index (χ4n) is 2.20.